The van der Waals surface area contributed by atoms with E-state index in [4.69, 9.17) is 5.73 Å². The number of anilines is 1. The molecule has 0 amide bonds. The molecule has 1 unspecified atom stereocenters. The van der Waals surface area contributed by atoms with Crippen molar-refractivity contribution >= 4 is 11.4 Å². The van der Waals surface area contributed by atoms with Crippen molar-refractivity contribution in [2.45, 2.75) is 31.8 Å². The second kappa shape index (κ2) is 5.64. The van der Waals surface area contributed by atoms with Crippen LogP contribution in [0.2, 0.25) is 0 Å². The molecule has 0 radical (unpaired) electrons. The van der Waals surface area contributed by atoms with E-state index in [0.29, 0.717) is 0 Å². The molecule has 1 atom stereocenters. The average Bonchev–Trinajstić information content (AvgIpc) is 2.94. The van der Waals surface area contributed by atoms with Crippen LogP contribution >= 0.6 is 0 Å². The predicted molar refractivity (Wildman–Crippen MR) is 91.4 cm³/mol. The number of hydrazine groups is 1. The fourth-order valence-corrected chi connectivity index (χ4v) is 4.36. The van der Waals surface area contributed by atoms with Gasteiger partial charge in [0, 0.05) is 24.7 Å². The summed E-state index contributed by atoms with van der Waals surface area (Å²) in [4.78, 5) is 15.7. The number of nitroso groups, excluding NO2 is 1. The number of rotatable bonds is 1. The summed E-state index contributed by atoms with van der Waals surface area (Å²) in [5, 5.41) is 1.62. The number of benzene rings is 1. The molecule has 2 saturated heterocycles. The number of fused-ring (bicyclic) bond motifs is 5. The highest BCUT2D eigenvalue weighted by atomic mass is 16.3. The van der Waals surface area contributed by atoms with Crippen LogP contribution in [0.5, 0.6) is 0 Å². The Morgan fingerprint density at radius 3 is 2.35 bits per heavy atom. The van der Waals surface area contributed by atoms with Crippen LogP contribution in [0, 0.1) is 16.7 Å². The van der Waals surface area contributed by atoms with Crippen LogP contribution in [0.25, 0.3) is 5.70 Å². The smallest absolute Gasteiger partial charge is 0.306 e. The van der Waals surface area contributed by atoms with Crippen LogP contribution in [0.4, 0.5) is 5.69 Å². The summed E-state index contributed by atoms with van der Waals surface area (Å²) in [6.07, 6.45) is 6.67. The molecule has 4 aliphatic rings. The lowest BCUT2D eigenvalue weighted by molar-refractivity contribution is -0.582. The van der Waals surface area contributed by atoms with E-state index in [-0.39, 0.29) is 0 Å². The topological polar surface area (TPSA) is 52.6 Å². The van der Waals surface area contributed by atoms with Gasteiger partial charge in [-0.1, -0.05) is 18.2 Å². The Labute approximate surface area is 137 Å². The molecule has 2 bridgehead atoms. The molecule has 1 aromatic carbocycles. The van der Waals surface area contributed by atoms with Gasteiger partial charge < -0.3 is 4.90 Å². The molecule has 1 aliphatic carbocycles. The number of nitrogens with zero attached hydrogens (tertiary/aromatic N) is 3. The molecule has 5 heteroatoms. The number of nitrogens with two attached hydrogens (primary N) is 1. The van der Waals surface area contributed by atoms with Crippen molar-refractivity contribution in [2.24, 2.45) is 17.6 Å². The van der Waals surface area contributed by atoms with Crippen molar-refractivity contribution in [1.82, 2.24) is 4.90 Å². The minimum Gasteiger partial charge on any atom is -0.370 e. The molecule has 5 nitrogen and oxygen atoms in total. The van der Waals surface area contributed by atoms with Gasteiger partial charge in [0.05, 0.1) is 17.7 Å². The summed E-state index contributed by atoms with van der Waals surface area (Å²) in [6.45, 7) is 2.18. The van der Waals surface area contributed by atoms with Crippen LogP contribution < -0.4 is 10.7 Å². The van der Waals surface area contributed by atoms with Crippen molar-refractivity contribution in [3.05, 3.63) is 40.8 Å². The first-order valence-electron chi connectivity index (χ1n) is 8.65. The molecule has 1 aromatic rings. The maximum Gasteiger partial charge on any atom is 0.306 e. The summed E-state index contributed by atoms with van der Waals surface area (Å²) in [5.74, 6) is 1.56. The third kappa shape index (κ3) is 2.53. The Balaban J connectivity index is 1.78. The number of hydrogen-bond donors (Lipinski definition) is 1. The van der Waals surface area contributed by atoms with Crippen LogP contribution in [-0.4, -0.2) is 36.1 Å². The minimum absolute atomic E-state index is 0.650. The zero-order valence-corrected chi connectivity index (χ0v) is 13.7. The number of para-hydroxylation sites is 1. The average molecular weight is 313 g/mol. The van der Waals surface area contributed by atoms with Gasteiger partial charge in [-0.3, -0.25) is 5.73 Å². The van der Waals surface area contributed by atoms with Crippen molar-refractivity contribution in [2.75, 3.05) is 25.1 Å². The van der Waals surface area contributed by atoms with E-state index in [1.807, 2.05) is 24.3 Å². The Bertz CT molecular complexity index is 634. The van der Waals surface area contributed by atoms with Crippen LogP contribution in [0.1, 0.15) is 31.2 Å². The van der Waals surface area contributed by atoms with E-state index in [9.17, 15) is 4.91 Å². The Morgan fingerprint density at radius 1 is 1.09 bits per heavy atom. The lowest BCUT2D eigenvalue weighted by atomic mass is 9.84. The van der Waals surface area contributed by atoms with Crippen LogP contribution in [0.3, 0.4) is 0 Å². The highest BCUT2D eigenvalue weighted by Crippen LogP contribution is 2.39. The normalized spacial score (nSPS) is 30.6. The van der Waals surface area contributed by atoms with Crippen LogP contribution in [-0.2, 0) is 0 Å². The summed E-state index contributed by atoms with van der Waals surface area (Å²) in [5.41, 5.74) is 9.32. The zero-order chi connectivity index (χ0) is 16.0. The molecule has 1 saturated carbocycles. The van der Waals surface area contributed by atoms with Gasteiger partial charge >= 0.3 is 6.17 Å². The molecular formula is C18H25N4O+. The molecule has 5 rings (SSSR count). The molecule has 2 N–H and O–H groups in total. The molecule has 0 spiro atoms. The first-order chi connectivity index (χ1) is 11.1. The van der Waals surface area contributed by atoms with E-state index in [2.05, 4.69) is 11.0 Å². The highest BCUT2D eigenvalue weighted by molar-refractivity contribution is 5.76. The first kappa shape index (κ1) is 14.7. The Kier molecular flexibility index (Phi) is 3.60. The van der Waals surface area contributed by atoms with Crippen molar-refractivity contribution < 1.29 is 4.87 Å². The maximum atomic E-state index is 12.4. The van der Waals surface area contributed by atoms with Gasteiger partial charge in [0.25, 0.3) is 0 Å². The molecule has 3 heterocycles. The molecule has 0 aromatic heterocycles. The van der Waals surface area contributed by atoms with E-state index in [0.717, 1.165) is 46.7 Å². The summed E-state index contributed by atoms with van der Waals surface area (Å²) < 4.78 is 0. The van der Waals surface area contributed by atoms with Gasteiger partial charge in [-0.15, -0.1) is 5.01 Å². The van der Waals surface area contributed by atoms with E-state index in [1.54, 1.807) is 12.1 Å². The highest BCUT2D eigenvalue weighted by Gasteiger charge is 2.36. The monoisotopic (exact) mass is 313 g/mol. The van der Waals surface area contributed by atoms with E-state index in [1.165, 1.54) is 25.7 Å². The molecule has 122 valence electrons. The molecular weight excluding hydrogens is 288 g/mol. The summed E-state index contributed by atoms with van der Waals surface area (Å²) >= 11 is 0. The lowest BCUT2D eigenvalue weighted by Gasteiger charge is -2.28. The second-order valence-corrected chi connectivity index (χ2v) is 7.18. The van der Waals surface area contributed by atoms with Gasteiger partial charge in [0.1, 0.15) is 10.6 Å². The van der Waals surface area contributed by atoms with Gasteiger partial charge in [0.15, 0.2) is 0 Å². The Hall–Kier alpha value is -1.88. The minimum atomic E-state index is -0.650. The molecule has 3 aliphatic heterocycles. The van der Waals surface area contributed by atoms with Crippen molar-refractivity contribution in [3.63, 3.8) is 0 Å². The quantitative estimate of drug-likeness (QED) is 0.810. The fraction of sp³-hybridized carbons (Fsp3) is 0.556. The van der Waals surface area contributed by atoms with Gasteiger partial charge in [-0.25, -0.2) is 0 Å². The van der Waals surface area contributed by atoms with Gasteiger partial charge in [0.2, 0.25) is 0 Å². The number of hydrogen-bond acceptors (Lipinski definition) is 3. The maximum absolute atomic E-state index is 12.4. The molecule has 3 fully saturated rings. The third-order valence-corrected chi connectivity index (χ3v) is 5.67. The largest absolute Gasteiger partial charge is 0.370 e. The van der Waals surface area contributed by atoms with E-state index >= 15 is 0 Å². The van der Waals surface area contributed by atoms with Crippen molar-refractivity contribution in [3.8, 4) is 0 Å². The first-order valence-corrected chi connectivity index (χ1v) is 8.65. The SMILES string of the molecule is CN1c2ccccc2C(N2CC3CCC(CC3)C2)=CC(N)[N+]1=O. The standard InChI is InChI=1S/C18H25N4O/c1-20-16-5-3-2-4-15(16)17(10-18(19)22(20)23)21-11-13-6-7-14(12-21)9-8-13/h2-5,10,13-14,18H,6-9,11-12,19H2,1H3/q+1. The van der Waals surface area contributed by atoms with Gasteiger partial charge in [-0.05, 0) is 43.6 Å². The molecule has 23 heavy (non-hydrogen) atoms. The van der Waals surface area contributed by atoms with Crippen molar-refractivity contribution in [1.29, 1.82) is 0 Å². The predicted octanol–water partition coefficient (Wildman–Crippen LogP) is 2.58. The second-order valence-electron chi connectivity index (χ2n) is 7.18. The Morgan fingerprint density at radius 2 is 1.70 bits per heavy atom. The van der Waals surface area contributed by atoms with Crippen LogP contribution in [0.15, 0.2) is 30.3 Å². The van der Waals surface area contributed by atoms with E-state index < -0.39 is 6.17 Å². The third-order valence-electron chi connectivity index (χ3n) is 5.67. The fourth-order valence-electron chi connectivity index (χ4n) is 4.36. The summed E-state index contributed by atoms with van der Waals surface area (Å²) in [6, 6.07) is 8.12. The zero-order valence-electron chi connectivity index (χ0n) is 13.7. The summed E-state index contributed by atoms with van der Waals surface area (Å²) in [7, 11) is 1.79. The lowest BCUT2D eigenvalue weighted by Crippen LogP contribution is -2.41. The van der Waals surface area contributed by atoms with Gasteiger partial charge in [-0.2, -0.15) is 0 Å².